The maximum Gasteiger partial charge on any atom is 0.244 e. The van der Waals surface area contributed by atoms with Crippen LogP contribution in [0.3, 0.4) is 0 Å². The van der Waals surface area contributed by atoms with E-state index >= 15 is 0 Å². The normalized spacial score (nSPS) is 23.7. The number of piperidine rings is 1. The third kappa shape index (κ3) is 4.23. The first-order valence-corrected chi connectivity index (χ1v) is 11.6. The number of sulfonamides is 1. The SMILES string of the molecule is CN(C)S(=O)(=O)c1ccc(SCC(=O)N2CCCC3CCCCC32)nc1. The van der Waals surface area contributed by atoms with E-state index in [4.69, 9.17) is 0 Å². The second kappa shape index (κ2) is 8.27. The molecule has 0 radical (unpaired) electrons. The van der Waals surface area contributed by atoms with Crippen molar-refractivity contribution in [3.63, 3.8) is 0 Å². The number of rotatable bonds is 5. The summed E-state index contributed by atoms with van der Waals surface area (Å²) in [6, 6.07) is 3.65. The highest BCUT2D eigenvalue weighted by Crippen LogP contribution is 2.35. The van der Waals surface area contributed by atoms with Crippen LogP contribution in [0, 0.1) is 5.92 Å². The number of hydrogen-bond donors (Lipinski definition) is 0. The number of amides is 1. The van der Waals surface area contributed by atoms with E-state index in [1.165, 1.54) is 57.7 Å². The van der Waals surface area contributed by atoms with E-state index in [9.17, 15) is 13.2 Å². The molecule has 2 unspecified atom stereocenters. The second-order valence-corrected chi connectivity index (χ2v) is 10.4. The van der Waals surface area contributed by atoms with Crippen molar-refractivity contribution in [2.45, 2.75) is 54.5 Å². The maximum atomic E-state index is 12.7. The number of fused-ring (bicyclic) bond motifs is 1. The van der Waals surface area contributed by atoms with Gasteiger partial charge in [0.2, 0.25) is 15.9 Å². The Bertz CT molecular complexity index is 733. The van der Waals surface area contributed by atoms with Crippen LogP contribution < -0.4 is 0 Å². The van der Waals surface area contributed by atoms with Gasteiger partial charge in [0.15, 0.2) is 0 Å². The molecule has 26 heavy (non-hydrogen) atoms. The summed E-state index contributed by atoms with van der Waals surface area (Å²) >= 11 is 1.38. The molecule has 0 aromatic carbocycles. The summed E-state index contributed by atoms with van der Waals surface area (Å²) in [6.07, 6.45) is 8.63. The van der Waals surface area contributed by atoms with Gasteiger partial charge in [-0.15, -0.1) is 0 Å². The average Bonchev–Trinajstić information content (AvgIpc) is 2.66. The fraction of sp³-hybridized carbons (Fsp3) is 0.667. The van der Waals surface area contributed by atoms with E-state index in [0.717, 1.165) is 23.7 Å². The lowest BCUT2D eigenvalue weighted by atomic mass is 9.78. The lowest BCUT2D eigenvalue weighted by Crippen LogP contribution is -2.50. The number of carbonyl (C=O) groups is 1. The van der Waals surface area contributed by atoms with Gasteiger partial charge in [-0.2, -0.15) is 0 Å². The fourth-order valence-electron chi connectivity index (χ4n) is 3.97. The number of nitrogens with zero attached hydrogens (tertiary/aromatic N) is 3. The molecule has 0 bridgehead atoms. The highest BCUT2D eigenvalue weighted by Gasteiger charge is 2.35. The molecule has 1 aliphatic heterocycles. The van der Waals surface area contributed by atoms with Crippen LogP contribution in [0.5, 0.6) is 0 Å². The van der Waals surface area contributed by atoms with Crippen molar-refractivity contribution in [3.8, 4) is 0 Å². The number of likely N-dealkylation sites (tertiary alicyclic amines) is 1. The molecule has 144 valence electrons. The van der Waals surface area contributed by atoms with Crippen LogP contribution in [0.2, 0.25) is 0 Å². The molecule has 2 fully saturated rings. The molecule has 8 heteroatoms. The summed E-state index contributed by atoms with van der Waals surface area (Å²) in [7, 11) is -0.481. The predicted octanol–water partition coefficient (Wildman–Crippen LogP) is 2.61. The van der Waals surface area contributed by atoms with Gasteiger partial charge >= 0.3 is 0 Å². The Hall–Kier alpha value is -1.12. The molecule has 3 rings (SSSR count). The van der Waals surface area contributed by atoms with Crippen LogP contribution in [-0.4, -0.2) is 60.9 Å². The summed E-state index contributed by atoms with van der Waals surface area (Å²) in [5.41, 5.74) is 0. The molecule has 0 N–H and O–H groups in total. The number of thioether (sulfide) groups is 1. The Kier molecular flexibility index (Phi) is 6.25. The minimum atomic E-state index is -3.47. The Balaban J connectivity index is 1.59. The number of pyridine rings is 1. The zero-order valence-electron chi connectivity index (χ0n) is 15.4. The summed E-state index contributed by atoms with van der Waals surface area (Å²) in [4.78, 5) is 19.2. The topological polar surface area (TPSA) is 70.6 Å². The van der Waals surface area contributed by atoms with Gasteiger partial charge in [0, 0.05) is 32.9 Å². The first-order chi connectivity index (χ1) is 12.4. The van der Waals surface area contributed by atoms with Gasteiger partial charge in [-0.3, -0.25) is 4.79 Å². The minimum Gasteiger partial charge on any atom is -0.339 e. The van der Waals surface area contributed by atoms with Crippen LogP contribution in [0.1, 0.15) is 38.5 Å². The largest absolute Gasteiger partial charge is 0.339 e. The van der Waals surface area contributed by atoms with Gasteiger partial charge in [-0.25, -0.2) is 17.7 Å². The summed E-state index contributed by atoms with van der Waals surface area (Å²) in [5.74, 6) is 1.22. The first kappa shape index (κ1) is 19.6. The molecule has 2 atom stereocenters. The van der Waals surface area contributed by atoms with Crippen molar-refractivity contribution in [2.24, 2.45) is 5.92 Å². The van der Waals surface area contributed by atoms with Gasteiger partial charge in [0.1, 0.15) is 4.90 Å². The van der Waals surface area contributed by atoms with Crippen molar-refractivity contribution in [2.75, 3.05) is 26.4 Å². The molecule has 1 saturated heterocycles. The Morgan fingerprint density at radius 1 is 1.23 bits per heavy atom. The zero-order valence-corrected chi connectivity index (χ0v) is 17.1. The number of carbonyl (C=O) groups excluding carboxylic acids is 1. The van der Waals surface area contributed by atoms with E-state index in [1.807, 2.05) is 0 Å². The van der Waals surface area contributed by atoms with Crippen LogP contribution in [0.25, 0.3) is 0 Å². The van der Waals surface area contributed by atoms with Crippen molar-refractivity contribution in [3.05, 3.63) is 18.3 Å². The molecule has 1 aromatic rings. The van der Waals surface area contributed by atoms with E-state index in [0.29, 0.717) is 22.7 Å². The van der Waals surface area contributed by atoms with Crippen molar-refractivity contribution >= 4 is 27.7 Å². The molecule has 1 aliphatic carbocycles. The van der Waals surface area contributed by atoms with Crippen LogP contribution in [-0.2, 0) is 14.8 Å². The van der Waals surface area contributed by atoms with E-state index in [1.54, 1.807) is 12.1 Å². The highest BCUT2D eigenvalue weighted by atomic mass is 32.2. The van der Waals surface area contributed by atoms with Crippen LogP contribution in [0.15, 0.2) is 28.3 Å². The van der Waals surface area contributed by atoms with Gasteiger partial charge in [0.05, 0.1) is 10.8 Å². The van der Waals surface area contributed by atoms with Gasteiger partial charge < -0.3 is 4.90 Å². The van der Waals surface area contributed by atoms with Crippen LogP contribution in [0.4, 0.5) is 0 Å². The van der Waals surface area contributed by atoms with Crippen LogP contribution >= 0.6 is 11.8 Å². The molecule has 1 saturated carbocycles. The van der Waals surface area contributed by atoms with Gasteiger partial charge in [-0.1, -0.05) is 24.6 Å². The number of hydrogen-bond acceptors (Lipinski definition) is 5. The molecule has 6 nitrogen and oxygen atoms in total. The average molecular weight is 398 g/mol. The zero-order chi connectivity index (χ0) is 18.7. The summed E-state index contributed by atoms with van der Waals surface area (Å²) in [6.45, 7) is 0.869. The quantitative estimate of drug-likeness (QED) is 0.714. The maximum absolute atomic E-state index is 12.7. The lowest BCUT2D eigenvalue weighted by molar-refractivity contribution is -0.134. The van der Waals surface area contributed by atoms with Crippen molar-refractivity contribution < 1.29 is 13.2 Å². The van der Waals surface area contributed by atoms with Crippen molar-refractivity contribution in [1.29, 1.82) is 0 Å². The number of aromatic nitrogens is 1. The smallest absolute Gasteiger partial charge is 0.244 e. The molecule has 2 heterocycles. The highest BCUT2D eigenvalue weighted by molar-refractivity contribution is 7.99. The molecule has 2 aliphatic rings. The predicted molar refractivity (Wildman–Crippen MR) is 103 cm³/mol. The summed E-state index contributed by atoms with van der Waals surface area (Å²) in [5, 5.41) is 0.674. The van der Waals surface area contributed by atoms with Gasteiger partial charge in [-0.05, 0) is 43.7 Å². The lowest BCUT2D eigenvalue weighted by Gasteiger charge is -2.44. The Morgan fingerprint density at radius 2 is 1.96 bits per heavy atom. The van der Waals surface area contributed by atoms with Crippen molar-refractivity contribution in [1.82, 2.24) is 14.2 Å². The van der Waals surface area contributed by atoms with Gasteiger partial charge in [0.25, 0.3) is 0 Å². The molecule has 1 aromatic heterocycles. The Labute approximate surface area is 160 Å². The molecule has 1 amide bonds. The molecule has 0 spiro atoms. The third-order valence-corrected chi connectivity index (χ3v) is 8.12. The van der Waals surface area contributed by atoms with E-state index in [2.05, 4.69) is 9.88 Å². The van der Waals surface area contributed by atoms with E-state index in [-0.39, 0.29) is 10.8 Å². The third-order valence-electron chi connectivity index (χ3n) is 5.39. The first-order valence-electron chi connectivity index (χ1n) is 9.20. The second-order valence-electron chi connectivity index (χ2n) is 7.25. The summed E-state index contributed by atoms with van der Waals surface area (Å²) < 4.78 is 25.3. The van der Waals surface area contributed by atoms with E-state index < -0.39 is 10.0 Å². The Morgan fingerprint density at radius 3 is 2.65 bits per heavy atom. The molecular formula is C18H27N3O3S2. The molecular weight excluding hydrogens is 370 g/mol. The minimum absolute atomic E-state index is 0.166. The monoisotopic (exact) mass is 397 g/mol. The standard InChI is InChI=1S/C18H27N3O3S2/c1-20(2)26(23,24)15-9-10-17(19-12-15)25-13-18(22)21-11-5-7-14-6-3-4-8-16(14)21/h9-10,12,14,16H,3-8,11,13H2,1-2H3. The fourth-order valence-corrected chi connectivity index (χ4v) is 5.54.